The van der Waals surface area contributed by atoms with Crippen LogP contribution in [0.2, 0.25) is 0 Å². The van der Waals surface area contributed by atoms with Crippen LogP contribution in [-0.4, -0.2) is 57.9 Å². The topological polar surface area (TPSA) is 105 Å². The number of hydrogen-bond donors (Lipinski definition) is 1. The van der Waals surface area contributed by atoms with Crippen molar-refractivity contribution in [2.75, 3.05) is 43.6 Å². The van der Waals surface area contributed by atoms with E-state index in [4.69, 9.17) is 9.47 Å². The highest BCUT2D eigenvalue weighted by molar-refractivity contribution is 7.89. The van der Waals surface area contributed by atoms with Crippen molar-refractivity contribution in [2.45, 2.75) is 31.1 Å². The highest BCUT2D eigenvalue weighted by atomic mass is 32.2. The van der Waals surface area contributed by atoms with E-state index in [0.717, 1.165) is 17.7 Å². The average Bonchev–Trinajstić information content (AvgIpc) is 3.40. The molecule has 9 nitrogen and oxygen atoms in total. The van der Waals surface area contributed by atoms with Crippen molar-refractivity contribution < 1.29 is 27.5 Å². The summed E-state index contributed by atoms with van der Waals surface area (Å²) in [4.78, 5) is 28.2. The Kier molecular flexibility index (Phi) is 8.09. The second-order valence-corrected chi connectivity index (χ2v) is 11.8. The van der Waals surface area contributed by atoms with Gasteiger partial charge in [-0.25, -0.2) is 8.42 Å². The van der Waals surface area contributed by atoms with Gasteiger partial charge in [0.2, 0.25) is 15.9 Å². The molecule has 0 aromatic heterocycles. The number of sulfonamides is 1. The lowest BCUT2D eigenvalue weighted by molar-refractivity contribution is -0.120. The number of carbonyl (C=O) groups excluding carboxylic acids is 2. The summed E-state index contributed by atoms with van der Waals surface area (Å²) in [5, 5.41) is 2.98. The lowest BCUT2D eigenvalue weighted by Gasteiger charge is -2.30. The zero-order valence-electron chi connectivity index (χ0n) is 22.6. The van der Waals surface area contributed by atoms with Gasteiger partial charge in [0.15, 0.2) is 0 Å². The summed E-state index contributed by atoms with van der Waals surface area (Å²) in [7, 11) is -2.07. The predicted octanol–water partition coefficient (Wildman–Crippen LogP) is 4.34. The van der Waals surface area contributed by atoms with Crippen LogP contribution in [0.3, 0.4) is 0 Å². The molecule has 10 heteroatoms. The third kappa shape index (κ3) is 5.68. The largest absolute Gasteiger partial charge is 0.497 e. The third-order valence-electron chi connectivity index (χ3n) is 7.43. The smallest absolute Gasteiger partial charge is 0.258 e. The molecule has 0 radical (unpaired) electrons. The second-order valence-electron chi connectivity index (χ2n) is 9.85. The molecule has 40 heavy (non-hydrogen) atoms. The van der Waals surface area contributed by atoms with Crippen LogP contribution in [0, 0.1) is 5.92 Å². The fourth-order valence-corrected chi connectivity index (χ4v) is 6.65. The van der Waals surface area contributed by atoms with Crippen LogP contribution >= 0.6 is 0 Å². The highest BCUT2D eigenvalue weighted by Gasteiger charge is 2.32. The first-order valence-corrected chi connectivity index (χ1v) is 14.9. The summed E-state index contributed by atoms with van der Waals surface area (Å²) in [6.07, 6.45) is 1.59. The quantitative estimate of drug-likeness (QED) is 0.437. The van der Waals surface area contributed by atoms with Gasteiger partial charge in [-0.2, -0.15) is 4.31 Å². The third-order valence-corrected chi connectivity index (χ3v) is 9.34. The number of nitrogens with one attached hydrogen (secondary N) is 1. The van der Waals surface area contributed by atoms with E-state index in [9.17, 15) is 18.0 Å². The van der Waals surface area contributed by atoms with Gasteiger partial charge in [-0.1, -0.05) is 6.07 Å². The molecule has 0 bridgehead atoms. The molecular formula is C30H33N3O6S. The zero-order valence-corrected chi connectivity index (χ0v) is 23.4. The van der Waals surface area contributed by atoms with Crippen LogP contribution in [0.5, 0.6) is 11.5 Å². The molecule has 2 aliphatic heterocycles. The first kappa shape index (κ1) is 27.7. The van der Waals surface area contributed by atoms with Crippen LogP contribution in [0.15, 0.2) is 71.6 Å². The Morgan fingerprint density at radius 3 is 2.25 bits per heavy atom. The molecule has 2 amide bonds. The van der Waals surface area contributed by atoms with Crippen LogP contribution in [0.25, 0.3) is 0 Å². The van der Waals surface area contributed by atoms with Gasteiger partial charge in [-0.05, 0) is 92.4 Å². The van der Waals surface area contributed by atoms with Crippen molar-refractivity contribution in [3.05, 3.63) is 77.9 Å². The molecule has 210 valence electrons. The Morgan fingerprint density at radius 2 is 1.60 bits per heavy atom. The standard InChI is InChI=1S/C30H33N3O6S/c1-3-39-26-10-12-27(13-11-26)40(36,37)32-17-14-22(15-18-32)29(34)31-24-7-4-21-16-19-33(28(21)20-24)30(35)23-5-8-25(38-2)9-6-23/h4-13,20,22H,3,14-19H2,1-2H3,(H,31,34). The summed E-state index contributed by atoms with van der Waals surface area (Å²) in [5.74, 6) is 0.742. The van der Waals surface area contributed by atoms with Gasteiger partial charge < -0.3 is 19.7 Å². The average molecular weight is 564 g/mol. The lowest BCUT2D eigenvalue weighted by atomic mass is 9.97. The number of methoxy groups -OCH3 is 1. The molecule has 0 aliphatic carbocycles. The summed E-state index contributed by atoms with van der Waals surface area (Å²) in [6.45, 7) is 3.48. The molecule has 1 saturated heterocycles. The molecule has 3 aromatic carbocycles. The number of fused-ring (bicyclic) bond motifs is 1. The molecule has 0 spiro atoms. The van der Waals surface area contributed by atoms with Crippen LogP contribution in [-0.2, 0) is 21.2 Å². The first-order chi connectivity index (χ1) is 19.3. The van der Waals surface area contributed by atoms with E-state index >= 15 is 0 Å². The highest BCUT2D eigenvalue weighted by Crippen LogP contribution is 2.33. The minimum atomic E-state index is -3.65. The second kappa shape index (κ2) is 11.7. The van der Waals surface area contributed by atoms with E-state index in [0.29, 0.717) is 48.7 Å². The maximum Gasteiger partial charge on any atom is 0.258 e. The fraction of sp³-hybridized carbons (Fsp3) is 0.333. The Morgan fingerprint density at radius 1 is 0.925 bits per heavy atom. The van der Waals surface area contributed by atoms with Crippen molar-refractivity contribution >= 4 is 33.2 Å². The van der Waals surface area contributed by atoms with Gasteiger partial charge in [-0.15, -0.1) is 0 Å². The van der Waals surface area contributed by atoms with E-state index in [2.05, 4.69) is 5.32 Å². The lowest BCUT2D eigenvalue weighted by Crippen LogP contribution is -2.41. The van der Waals surface area contributed by atoms with Crippen LogP contribution < -0.4 is 19.7 Å². The Bertz CT molecular complexity index is 1480. The minimum absolute atomic E-state index is 0.106. The molecule has 0 saturated carbocycles. The number of benzene rings is 3. The van der Waals surface area contributed by atoms with Crippen molar-refractivity contribution in [1.29, 1.82) is 0 Å². The Balaban J connectivity index is 1.20. The summed E-state index contributed by atoms with van der Waals surface area (Å²) < 4.78 is 38.2. The van der Waals surface area contributed by atoms with Gasteiger partial charge in [0, 0.05) is 42.5 Å². The van der Waals surface area contributed by atoms with Crippen molar-refractivity contribution in [3.8, 4) is 11.5 Å². The van der Waals surface area contributed by atoms with Crippen molar-refractivity contribution in [2.24, 2.45) is 5.92 Å². The first-order valence-electron chi connectivity index (χ1n) is 13.4. The van der Waals surface area contributed by atoms with Gasteiger partial charge in [-0.3, -0.25) is 9.59 Å². The number of carbonyl (C=O) groups is 2. The molecule has 2 aliphatic rings. The van der Waals surface area contributed by atoms with E-state index in [1.807, 2.05) is 25.1 Å². The molecule has 0 unspecified atom stereocenters. The van der Waals surface area contributed by atoms with Gasteiger partial charge in [0.1, 0.15) is 11.5 Å². The zero-order chi connectivity index (χ0) is 28.3. The summed E-state index contributed by atoms with van der Waals surface area (Å²) in [5.41, 5.74) is 3.01. The van der Waals surface area contributed by atoms with Crippen molar-refractivity contribution in [1.82, 2.24) is 4.31 Å². The van der Waals surface area contributed by atoms with Crippen LogP contribution in [0.1, 0.15) is 35.7 Å². The van der Waals surface area contributed by atoms with Gasteiger partial charge >= 0.3 is 0 Å². The van der Waals surface area contributed by atoms with E-state index in [1.54, 1.807) is 60.5 Å². The van der Waals surface area contributed by atoms with Crippen molar-refractivity contribution in [3.63, 3.8) is 0 Å². The molecule has 1 N–H and O–H groups in total. The number of rotatable bonds is 8. The number of anilines is 2. The number of nitrogens with zero attached hydrogens (tertiary/aromatic N) is 2. The molecule has 0 atom stereocenters. The summed E-state index contributed by atoms with van der Waals surface area (Å²) in [6, 6.07) is 19.0. The minimum Gasteiger partial charge on any atom is -0.497 e. The molecule has 1 fully saturated rings. The molecule has 5 rings (SSSR count). The SMILES string of the molecule is CCOc1ccc(S(=O)(=O)N2CCC(C(=O)Nc3ccc4c(c3)N(C(=O)c3ccc(OC)cc3)CC4)CC2)cc1. The van der Waals surface area contributed by atoms with E-state index in [-0.39, 0.29) is 35.7 Å². The monoisotopic (exact) mass is 563 g/mol. The summed E-state index contributed by atoms with van der Waals surface area (Å²) >= 11 is 0. The maximum atomic E-state index is 13.2. The van der Waals surface area contributed by atoms with Gasteiger partial charge in [0.25, 0.3) is 5.91 Å². The Hall–Kier alpha value is -3.89. The van der Waals surface area contributed by atoms with Crippen LogP contribution in [0.4, 0.5) is 11.4 Å². The van der Waals surface area contributed by atoms with Gasteiger partial charge in [0.05, 0.1) is 18.6 Å². The number of amides is 2. The molecular weight excluding hydrogens is 530 g/mol. The predicted molar refractivity (Wildman–Crippen MR) is 153 cm³/mol. The Labute approximate surface area is 234 Å². The van der Waals surface area contributed by atoms with E-state index < -0.39 is 10.0 Å². The normalized spacial score (nSPS) is 15.9. The van der Waals surface area contributed by atoms with E-state index in [1.165, 1.54) is 4.31 Å². The maximum absolute atomic E-state index is 13.2. The molecule has 3 aromatic rings. The molecule has 2 heterocycles. The number of piperidine rings is 1. The fourth-order valence-electron chi connectivity index (χ4n) is 5.18. The number of hydrogen-bond acceptors (Lipinski definition) is 6. The number of ether oxygens (including phenoxy) is 2.